The molecule has 0 unspecified atom stereocenters. The predicted molar refractivity (Wildman–Crippen MR) is 114 cm³/mol. The van der Waals surface area contributed by atoms with Crippen LogP contribution in [0, 0.1) is 0 Å². The number of hydrogen-bond donors (Lipinski definition) is 0. The van der Waals surface area contributed by atoms with Crippen molar-refractivity contribution in [1.29, 1.82) is 0 Å². The maximum absolute atomic E-state index is 13.6. The smallest absolute Gasteiger partial charge is 0.263 e. The summed E-state index contributed by atoms with van der Waals surface area (Å²) in [4.78, 5) is 22.0. The Bertz CT molecular complexity index is 1140. The summed E-state index contributed by atoms with van der Waals surface area (Å²) in [6.45, 7) is 0.556. The van der Waals surface area contributed by atoms with Gasteiger partial charge < -0.3 is 0 Å². The molecular formula is C22H20N2OS2. The first-order chi connectivity index (χ1) is 13.3. The van der Waals surface area contributed by atoms with Gasteiger partial charge in [0.1, 0.15) is 4.83 Å². The van der Waals surface area contributed by atoms with E-state index in [4.69, 9.17) is 4.98 Å². The lowest BCUT2D eigenvalue weighted by Crippen LogP contribution is -2.24. The molecule has 0 aliphatic heterocycles. The molecule has 1 aromatic carbocycles. The number of thiophene rings is 2. The summed E-state index contributed by atoms with van der Waals surface area (Å²) in [6.07, 6.45) is 5.74. The van der Waals surface area contributed by atoms with Crippen molar-refractivity contribution in [3.8, 4) is 10.7 Å². The van der Waals surface area contributed by atoms with Crippen LogP contribution in [0.4, 0.5) is 0 Å². The van der Waals surface area contributed by atoms with Crippen LogP contribution < -0.4 is 5.56 Å². The van der Waals surface area contributed by atoms with Crippen molar-refractivity contribution in [3.05, 3.63) is 74.2 Å². The third kappa shape index (κ3) is 3.05. The molecule has 4 aromatic rings. The van der Waals surface area contributed by atoms with Crippen LogP contribution in [0.15, 0.2) is 52.6 Å². The summed E-state index contributed by atoms with van der Waals surface area (Å²) < 4.78 is 1.88. The quantitative estimate of drug-likeness (QED) is 0.431. The lowest BCUT2D eigenvalue weighted by molar-refractivity contribution is 0.712. The van der Waals surface area contributed by atoms with E-state index in [1.165, 1.54) is 29.7 Å². The number of benzene rings is 1. The molecule has 3 heterocycles. The highest BCUT2D eigenvalue weighted by Crippen LogP contribution is 2.35. The molecule has 3 aromatic heterocycles. The minimum absolute atomic E-state index is 0.117. The van der Waals surface area contributed by atoms with E-state index in [2.05, 4.69) is 18.2 Å². The summed E-state index contributed by atoms with van der Waals surface area (Å²) in [5.74, 6) is 0.794. The summed E-state index contributed by atoms with van der Waals surface area (Å²) in [7, 11) is 0. The van der Waals surface area contributed by atoms with Gasteiger partial charge in [0, 0.05) is 4.88 Å². The summed E-state index contributed by atoms with van der Waals surface area (Å²) in [5.41, 5.74) is 2.51. The van der Waals surface area contributed by atoms with Gasteiger partial charge in [-0.05, 0) is 48.3 Å². The number of hydrogen-bond acceptors (Lipinski definition) is 4. The van der Waals surface area contributed by atoms with Crippen LogP contribution in [-0.2, 0) is 19.4 Å². The Labute approximate surface area is 166 Å². The van der Waals surface area contributed by atoms with E-state index in [-0.39, 0.29) is 5.56 Å². The Morgan fingerprint density at radius 2 is 1.85 bits per heavy atom. The average molecular weight is 393 g/mol. The molecular weight excluding hydrogens is 372 g/mol. The third-order valence-corrected chi connectivity index (χ3v) is 7.30. The van der Waals surface area contributed by atoms with Crippen molar-refractivity contribution in [2.24, 2.45) is 0 Å². The van der Waals surface area contributed by atoms with E-state index >= 15 is 0 Å². The number of fused-ring (bicyclic) bond motifs is 3. The summed E-state index contributed by atoms with van der Waals surface area (Å²) >= 11 is 3.37. The molecule has 0 spiro atoms. The van der Waals surface area contributed by atoms with E-state index in [1.807, 2.05) is 34.2 Å². The lowest BCUT2D eigenvalue weighted by atomic mass is 10.1. The first-order valence-electron chi connectivity index (χ1n) is 9.44. The van der Waals surface area contributed by atoms with E-state index in [9.17, 15) is 4.79 Å². The van der Waals surface area contributed by atoms with Crippen molar-refractivity contribution in [3.63, 3.8) is 0 Å². The molecule has 0 amide bonds. The van der Waals surface area contributed by atoms with Gasteiger partial charge in [0.05, 0.1) is 16.8 Å². The zero-order valence-electron chi connectivity index (χ0n) is 15.0. The fraction of sp³-hybridized carbons (Fsp3) is 0.273. The van der Waals surface area contributed by atoms with Gasteiger partial charge in [0.2, 0.25) is 0 Å². The fourth-order valence-corrected chi connectivity index (χ4v) is 5.90. The maximum Gasteiger partial charge on any atom is 0.263 e. The fourth-order valence-electron chi connectivity index (χ4n) is 3.92. The second-order valence-electron chi connectivity index (χ2n) is 7.03. The van der Waals surface area contributed by atoms with E-state index in [0.717, 1.165) is 39.3 Å². The van der Waals surface area contributed by atoms with Crippen LogP contribution in [0.5, 0.6) is 0 Å². The van der Waals surface area contributed by atoms with Gasteiger partial charge in [-0.3, -0.25) is 9.36 Å². The SMILES string of the molecule is O=c1c2c3c(sc2nc(-c2cccs2)n1Cc1ccccc1)CCCCC3. The molecule has 5 heteroatoms. The van der Waals surface area contributed by atoms with E-state index < -0.39 is 0 Å². The second kappa shape index (κ2) is 7.06. The predicted octanol–water partition coefficient (Wildman–Crippen LogP) is 5.50. The molecule has 1 aliphatic carbocycles. The molecule has 3 nitrogen and oxygen atoms in total. The number of aryl methyl sites for hydroxylation is 2. The standard InChI is InChI=1S/C22H20N2OS2/c25-22-19-16-10-5-2-6-11-17(16)27-21(19)23-20(18-12-7-13-26-18)24(22)14-15-8-3-1-4-9-15/h1,3-4,7-9,12-13H,2,5-6,10-11,14H2. The second-order valence-corrected chi connectivity index (χ2v) is 9.07. The van der Waals surface area contributed by atoms with Crippen LogP contribution in [-0.4, -0.2) is 9.55 Å². The highest BCUT2D eigenvalue weighted by molar-refractivity contribution is 7.19. The van der Waals surface area contributed by atoms with Crippen molar-refractivity contribution in [2.45, 2.75) is 38.6 Å². The van der Waals surface area contributed by atoms with Crippen molar-refractivity contribution >= 4 is 32.9 Å². The zero-order chi connectivity index (χ0) is 18.2. The van der Waals surface area contributed by atoms with Gasteiger partial charge in [-0.2, -0.15) is 0 Å². The maximum atomic E-state index is 13.6. The Hall–Kier alpha value is -2.24. The van der Waals surface area contributed by atoms with Gasteiger partial charge in [-0.1, -0.05) is 42.8 Å². The van der Waals surface area contributed by atoms with Crippen molar-refractivity contribution < 1.29 is 0 Å². The molecule has 0 radical (unpaired) electrons. The molecule has 0 atom stereocenters. The Morgan fingerprint density at radius 1 is 1.00 bits per heavy atom. The number of nitrogens with zero attached hydrogens (tertiary/aromatic N) is 2. The van der Waals surface area contributed by atoms with Gasteiger partial charge in [0.25, 0.3) is 5.56 Å². The van der Waals surface area contributed by atoms with E-state index in [1.54, 1.807) is 22.7 Å². The molecule has 27 heavy (non-hydrogen) atoms. The average Bonchev–Trinajstić information content (AvgIpc) is 3.28. The number of rotatable bonds is 3. The highest BCUT2D eigenvalue weighted by Gasteiger charge is 2.22. The normalized spacial score (nSPS) is 14.2. The minimum Gasteiger partial charge on any atom is -0.287 e. The Balaban J connectivity index is 1.76. The minimum atomic E-state index is 0.117. The zero-order valence-corrected chi connectivity index (χ0v) is 16.6. The van der Waals surface area contributed by atoms with Crippen molar-refractivity contribution in [2.75, 3.05) is 0 Å². The van der Waals surface area contributed by atoms with Gasteiger partial charge >= 0.3 is 0 Å². The molecule has 1 aliphatic rings. The molecule has 0 saturated heterocycles. The Kier molecular flexibility index (Phi) is 4.42. The highest BCUT2D eigenvalue weighted by atomic mass is 32.1. The molecule has 0 saturated carbocycles. The molecule has 136 valence electrons. The van der Waals surface area contributed by atoms with Gasteiger partial charge in [0.15, 0.2) is 5.82 Å². The molecule has 0 fully saturated rings. The van der Waals surface area contributed by atoms with Crippen molar-refractivity contribution in [1.82, 2.24) is 9.55 Å². The van der Waals surface area contributed by atoms with Crippen LogP contribution in [0.3, 0.4) is 0 Å². The van der Waals surface area contributed by atoms with Crippen LogP contribution >= 0.6 is 22.7 Å². The summed E-state index contributed by atoms with van der Waals surface area (Å²) in [5, 5.41) is 2.91. The largest absolute Gasteiger partial charge is 0.287 e. The third-order valence-electron chi connectivity index (χ3n) is 5.25. The van der Waals surface area contributed by atoms with Crippen LogP contribution in [0.2, 0.25) is 0 Å². The molecule has 0 N–H and O–H groups in total. The van der Waals surface area contributed by atoms with Gasteiger partial charge in [-0.15, -0.1) is 22.7 Å². The first-order valence-corrected chi connectivity index (χ1v) is 11.1. The van der Waals surface area contributed by atoms with Crippen LogP contribution in [0.25, 0.3) is 20.9 Å². The number of aromatic nitrogens is 2. The molecule has 0 bridgehead atoms. The molecule has 5 rings (SSSR count). The monoisotopic (exact) mass is 392 g/mol. The van der Waals surface area contributed by atoms with Crippen LogP contribution in [0.1, 0.15) is 35.3 Å². The Morgan fingerprint density at radius 3 is 2.67 bits per heavy atom. The first kappa shape index (κ1) is 16.9. The van der Waals surface area contributed by atoms with E-state index in [0.29, 0.717) is 6.54 Å². The summed E-state index contributed by atoms with van der Waals surface area (Å²) in [6, 6.07) is 14.3. The topological polar surface area (TPSA) is 34.9 Å². The van der Waals surface area contributed by atoms with Gasteiger partial charge in [-0.25, -0.2) is 4.98 Å². The lowest BCUT2D eigenvalue weighted by Gasteiger charge is -2.12.